The smallest absolute Gasteiger partial charge is 0.303 e. The third-order valence-corrected chi connectivity index (χ3v) is 6.31. The summed E-state index contributed by atoms with van der Waals surface area (Å²) in [6.45, 7) is 3.16. The van der Waals surface area contributed by atoms with Gasteiger partial charge in [0.05, 0.1) is 18.4 Å². The Morgan fingerprint density at radius 1 is 1.00 bits per heavy atom. The standard InChI is InChI=1S/C27H32N2O3/c30-27(31)14-13-25(26-12-7-21-32-26)29(23-10-5-2-6-11-23)24-16-19-28(20-17-24)18-15-22-8-3-1-4-9-22/h1-11,21,24H,12-20H2,(H,30,31). The lowest BCUT2D eigenvalue weighted by Gasteiger charge is -2.41. The lowest BCUT2D eigenvalue weighted by molar-refractivity contribution is -0.136. The number of carboxylic acids is 1. The number of rotatable bonds is 9. The summed E-state index contributed by atoms with van der Waals surface area (Å²) in [4.78, 5) is 16.3. The van der Waals surface area contributed by atoms with E-state index in [0.29, 0.717) is 18.9 Å². The Labute approximate surface area is 190 Å². The number of carbonyl (C=O) groups is 1. The van der Waals surface area contributed by atoms with Gasteiger partial charge in [-0.3, -0.25) is 4.79 Å². The van der Waals surface area contributed by atoms with Gasteiger partial charge in [0, 0.05) is 44.2 Å². The highest BCUT2D eigenvalue weighted by atomic mass is 16.5. The molecule has 0 aromatic heterocycles. The Hall–Kier alpha value is -3.05. The van der Waals surface area contributed by atoms with Gasteiger partial charge in [-0.05, 0) is 43.0 Å². The second kappa shape index (κ2) is 11.0. The van der Waals surface area contributed by atoms with Crippen molar-refractivity contribution in [1.29, 1.82) is 0 Å². The van der Waals surface area contributed by atoms with Crippen molar-refractivity contribution in [1.82, 2.24) is 4.90 Å². The van der Waals surface area contributed by atoms with E-state index in [1.807, 2.05) is 24.3 Å². The monoisotopic (exact) mass is 432 g/mol. The fraction of sp³-hybridized carbons (Fsp3) is 0.370. The minimum absolute atomic E-state index is 0.0987. The predicted octanol–water partition coefficient (Wildman–Crippen LogP) is 5.21. The second-order valence-corrected chi connectivity index (χ2v) is 8.47. The van der Waals surface area contributed by atoms with E-state index in [-0.39, 0.29) is 6.42 Å². The molecule has 0 amide bonds. The van der Waals surface area contributed by atoms with Crippen molar-refractivity contribution < 1.29 is 14.6 Å². The number of hydrogen-bond donors (Lipinski definition) is 1. The van der Waals surface area contributed by atoms with Crippen molar-refractivity contribution in [2.45, 2.75) is 44.6 Å². The molecule has 168 valence electrons. The van der Waals surface area contributed by atoms with Crippen LogP contribution < -0.4 is 4.90 Å². The molecule has 2 aliphatic heterocycles. The molecule has 0 unspecified atom stereocenters. The first kappa shape index (κ1) is 22.2. The molecule has 1 N–H and O–H groups in total. The fourth-order valence-electron chi connectivity index (χ4n) is 4.65. The van der Waals surface area contributed by atoms with Crippen molar-refractivity contribution in [2.75, 3.05) is 24.5 Å². The Morgan fingerprint density at radius 2 is 1.69 bits per heavy atom. The molecule has 0 atom stereocenters. The van der Waals surface area contributed by atoms with Crippen LogP contribution in [0.2, 0.25) is 0 Å². The van der Waals surface area contributed by atoms with Gasteiger partial charge in [0.1, 0.15) is 5.76 Å². The molecule has 5 nitrogen and oxygen atoms in total. The Bertz CT molecular complexity index is 922. The first-order chi connectivity index (χ1) is 15.7. The van der Waals surface area contributed by atoms with Crippen LogP contribution in [-0.2, 0) is 16.0 Å². The predicted molar refractivity (Wildman–Crippen MR) is 127 cm³/mol. The largest absolute Gasteiger partial charge is 0.481 e. The molecular formula is C27H32N2O3. The topological polar surface area (TPSA) is 53.0 Å². The first-order valence-electron chi connectivity index (χ1n) is 11.6. The van der Waals surface area contributed by atoms with E-state index in [1.165, 1.54) is 5.56 Å². The van der Waals surface area contributed by atoms with Crippen LogP contribution in [0.4, 0.5) is 5.69 Å². The molecule has 4 rings (SSSR count). The summed E-state index contributed by atoms with van der Waals surface area (Å²) >= 11 is 0. The average Bonchev–Trinajstić information content (AvgIpc) is 3.37. The summed E-state index contributed by atoms with van der Waals surface area (Å²) in [5.74, 6) is 0.0967. The highest BCUT2D eigenvalue weighted by molar-refractivity contribution is 5.67. The third-order valence-electron chi connectivity index (χ3n) is 6.31. The van der Waals surface area contributed by atoms with Gasteiger partial charge in [0.2, 0.25) is 0 Å². The summed E-state index contributed by atoms with van der Waals surface area (Å²) in [6, 6.07) is 21.3. The quantitative estimate of drug-likeness (QED) is 0.589. The summed E-state index contributed by atoms with van der Waals surface area (Å²) < 4.78 is 5.80. The van der Waals surface area contributed by atoms with E-state index in [1.54, 1.807) is 6.26 Å². The number of hydrogen-bond acceptors (Lipinski definition) is 4. The maximum absolute atomic E-state index is 11.4. The van der Waals surface area contributed by atoms with Gasteiger partial charge in [-0.15, -0.1) is 0 Å². The van der Waals surface area contributed by atoms with Crippen molar-refractivity contribution >= 4 is 11.7 Å². The lowest BCUT2D eigenvalue weighted by atomic mass is 9.99. The number of piperidine rings is 1. The molecule has 0 radical (unpaired) electrons. The van der Waals surface area contributed by atoms with Crippen LogP contribution in [0.3, 0.4) is 0 Å². The highest BCUT2D eigenvalue weighted by Gasteiger charge is 2.29. The van der Waals surface area contributed by atoms with E-state index in [2.05, 4.69) is 52.3 Å². The maximum Gasteiger partial charge on any atom is 0.303 e. The Kier molecular flexibility index (Phi) is 7.62. The van der Waals surface area contributed by atoms with Crippen LogP contribution in [0.5, 0.6) is 0 Å². The first-order valence-corrected chi connectivity index (χ1v) is 11.6. The number of carboxylic acid groups (broad SMARTS) is 1. The minimum atomic E-state index is -0.780. The lowest BCUT2D eigenvalue weighted by Crippen LogP contribution is -2.45. The van der Waals surface area contributed by atoms with Crippen LogP contribution in [0.1, 0.15) is 37.7 Å². The fourth-order valence-corrected chi connectivity index (χ4v) is 4.65. The molecule has 0 spiro atoms. The van der Waals surface area contributed by atoms with E-state index in [0.717, 1.165) is 56.0 Å². The Balaban J connectivity index is 1.49. The summed E-state index contributed by atoms with van der Waals surface area (Å²) in [6.07, 6.45) is 8.14. The zero-order valence-corrected chi connectivity index (χ0v) is 18.5. The zero-order valence-electron chi connectivity index (χ0n) is 18.5. The summed E-state index contributed by atoms with van der Waals surface area (Å²) in [5, 5.41) is 9.35. The van der Waals surface area contributed by atoms with E-state index in [9.17, 15) is 9.90 Å². The van der Waals surface area contributed by atoms with Gasteiger partial charge in [-0.25, -0.2) is 0 Å². The van der Waals surface area contributed by atoms with Gasteiger partial charge < -0.3 is 19.6 Å². The van der Waals surface area contributed by atoms with Gasteiger partial charge >= 0.3 is 5.97 Å². The average molecular weight is 433 g/mol. The molecule has 1 fully saturated rings. The number of nitrogens with zero attached hydrogens (tertiary/aromatic N) is 2. The van der Waals surface area contributed by atoms with Crippen molar-refractivity contribution in [2.24, 2.45) is 0 Å². The van der Waals surface area contributed by atoms with Gasteiger partial charge in [0.15, 0.2) is 0 Å². The van der Waals surface area contributed by atoms with Gasteiger partial charge in [-0.1, -0.05) is 48.5 Å². The molecule has 0 saturated carbocycles. The number of aliphatic carboxylic acids is 1. The number of ether oxygens (including phenoxy) is 1. The van der Waals surface area contributed by atoms with Crippen LogP contribution in [0.15, 0.2) is 84.5 Å². The summed E-state index contributed by atoms with van der Waals surface area (Å²) in [7, 11) is 0. The molecule has 5 heteroatoms. The minimum Gasteiger partial charge on any atom is -0.481 e. The molecule has 2 aromatic rings. The SMILES string of the molecule is O=C(O)CCC(=C1CC=CO1)N(c1ccccc1)C1CCN(CCc2ccccc2)CC1. The molecule has 32 heavy (non-hydrogen) atoms. The van der Waals surface area contributed by atoms with E-state index < -0.39 is 5.97 Å². The molecule has 2 heterocycles. The van der Waals surface area contributed by atoms with Crippen molar-refractivity contribution in [3.8, 4) is 0 Å². The molecular weight excluding hydrogens is 400 g/mol. The van der Waals surface area contributed by atoms with Crippen LogP contribution >= 0.6 is 0 Å². The van der Waals surface area contributed by atoms with Crippen molar-refractivity contribution in [3.63, 3.8) is 0 Å². The van der Waals surface area contributed by atoms with Crippen LogP contribution in [0, 0.1) is 0 Å². The summed E-state index contributed by atoms with van der Waals surface area (Å²) in [5.41, 5.74) is 3.50. The molecule has 2 aliphatic rings. The van der Waals surface area contributed by atoms with Gasteiger partial charge in [0.25, 0.3) is 0 Å². The highest BCUT2D eigenvalue weighted by Crippen LogP contribution is 2.33. The van der Waals surface area contributed by atoms with Crippen LogP contribution in [-0.4, -0.2) is 41.7 Å². The van der Waals surface area contributed by atoms with E-state index >= 15 is 0 Å². The number of para-hydroxylation sites is 1. The Morgan fingerprint density at radius 3 is 2.31 bits per heavy atom. The third kappa shape index (κ3) is 5.80. The number of benzene rings is 2. The second-order valence-electron chi connectivity index (χ2n) is 8.47. The zero-order chi connectivity index (χ0) is 22.2. The number of anilines is 1. The van der Waals surface area contributed by atoms with E-state index in [4.69, 9.17) is 4.74 Å². The number of likely N-dealkylation sites (tertiary alicyclic amines) is 1. The molecule has 0 aliphatic carbocycles. The van der Waals surface area contributed by atoms with Crippen LogP contribution in [0.25, 0.3) is 0 Å². The molecule has 2 aromatic carbocycles. The maximum atomic E-state index is 11.4. The van der Waals surface area contributed by atoms with Crippen molar-refractivity contribution in [3.05, 3.63) is 90.0 Å². The molecule has 1 saturated heterocycles. The molecule has 0 bridgehead atoms. The van der Waals surface area contributed by atoms with Gasteiger partial charge in [-0.2, -0.15) is 0 Å². The number of allylic oxidation sites excluding steroid dienone is 2. The normalized spacial score (nSPS) is 18.4.